The van der Waals surface area contributed by atoms with Crippen LogP contribution in [0.25, 0.3) is 0 Å². The van der Waals surface area contributed by atoms with Crippen molar-refractivity contribution in [1.29, 1.82) is 0 Å². The Balaban J connectivity index is 2.83. The quantitative estimate of drug-likeness (QED) is 0.795. The molecule has 0 spiro atoms. The molecular weight excluding hydrogens is 260 g/mol. The van der Waals surface area contributed by atoms with Gasteiger partial charge >= 0.3 is 0 Å². The molecule has 3 N–H and O–H groups in total. The number of hydrogen-bond donors (Lipinski definition) is 2. The fourth-order valence-corrected chi connectivity index (χ4v) is 2.69. The third-order valence-electron chi connectivity index (χ3n) is 3.88. The minimum Gasteiger partial charge on any atom is -0.354 e. The van der Waals surface area contributed by atoms with Gasteiger partial charge in [0, 0.05) is 18.5 Å². The van der Waals surface area contributed by atoms with Crippen molar-refractivity contribution in [2.24, 2.45) is 11.8 Å². The Labute approximate surface area is 129 Å². The Kier molecular flexibility index (Phi) is 6.90. The number of hydrogen-bond acceptors (Lipinski definition) is 1. The van der Waals surface area contributed by atoms with Gasteiger partial charge in [0.25, 0.3) is 5.91 Å². The zero-order valence-corrected chi connectivity index (χ0v) is 14.3. The molecule has 0 aliphatic carbocycles. The Hall–Kier alpha value is -1.35. The van der Waals surface area contributed by atoms with Gasteiger partial charge in [0.2, 0.25) is 0 Å². The van der Waals surface area contributed by atoms with Crippen LogP contribution in [-0.2, 0) is 11.2 Å². The summed E-state index contributed by atoms with van der Waals surface area (Å²) in [5, 5.41) is 4.89. The summed E-state index contributed by atoms with van der Waals surface area (Å²) in [6.07, 6.45) is 1.12. The molecule has 3 heteroatoms. The molecule has 118 valence electrons. The van der Waals surface area contributed by atoms with Gasteiger partial charge < -0.3 is 10.6 Å². The standard InChI is InChI=1S/C18H30N2O/c1-12(2)11-15-7-9-16(10-8-15)17(13(3)4)20-14(5)18(21)19-6/h7-10,12-14,17,20H,11H2,1-6H3,(H,19,21)/p+1/t14-,17+/m0/s1. The van der Waals surface area contributed by atoms with E-state index in [1.807, 2.05) is 6.92 Å². The van der Waals surface area contributed by atoms with E-state index in [4.69, 9.17) is 0 Å². The minimum absolute atomic E-state index is 0.0715. The lowest BCUT2D eigenvalue weighted by molar-refractivity contribution is -0.719. The topological polar surface area (TPSA) is 45.7 Å². The highest BCUT2D eigenvalue weighted by Gasteiger charge is 2.25. The molecule has 1 amide bonds. The molecule has 1 aromatic carbocycles. The lowest BCUT2D eigenvalue weighted by atomic mass is 9.93. The SMILES string of the molecule is CNC(=O)[C@H](C)[NH2+][C@@H](c1ccc(CC(C)C)cc1)C(C)C. The number of benzene rings is 1. The van der Waals surface area contributed by atoms with Crippen molar-refractivity contribution < 1.29 is 10.1 Å². The third-order valence-corrected chi connectivity index (χ3v) is 3.88. The van der Waals surface area contributed by atoms with E-state index in [2.05, 4.69) is 62.6 Å². The van der Waals surface area contributed by atoms with Crippen LogP contribution in [0.4, 0.5) is 0 Å². The molecule has 0 saturated heterocycles. The molecule has 0 unspecified atom stereocenters. The average Bonchev–Trinajstić information content (AvgIpc) is 2.43. The first-order valence-corrected chi connectivity index (χ1v) is 8.00. The predicted molar refractivity (Wildman–Crippen MR) is 88.0 cm³/mol. The monoisotopic (exact) mass is 291 g/mol. The molecule has 0 bridgehead atoms. The van der Waals surface area contributed by atoms with Crippen molar-refractivity contribution in [2.45, 2.75) is 53.1 Å². The van der Waals surface area contributed by atoms with Crippen LogP contribution < -0.4 is 10.6 Å². The predicted octanol–water partition coefficient (Wildman–Crippen LogP) is 2.28. The molecule has 0 aliphatic heterocycles. The molecule has 0 aromatic heterocycles. The van der Waals surface area contributed by atoms with Gasteiger partial charge in [0.1, 0.15) is 6.04 Å². The molecule has 1 rings (SSSR count). The second kappa shape index (κ2) is 8.18. The maximum atomic E-state index is 11.7. The molecule has 3 nitrogen and oxygen atoms in total. The van der Waals surface area contributed by atoms with Gasteiger partial charge in [-0.1, -0.05) is 52.0 Å². The summed E-state index contributed by atoms with van der Waals surface area (Å²) in [4.78, 5) is 11.7. The Morgan fingerprint density at radius 1 is 1.10 bits per heavy atom. The van der Waals surface area contributed by atoms with E-state index in [1.54, 1.807) is 7.05 Å². The van der Waals surface area contributed by atoms with E-state index < -0.39 is 0 Å². The highest BCUT2D eigenvalue weighted by molar-refractivity contribution is 5.79. The summed E-state index contributed by atoms with van der Waals surface area (Å²) in [5.74, 6) is 1.24. The van der Waals surface area contributed by atoms with Crippen molar-refractivity contribution >= 4 is 5.91 Å². The minimum atomic E-state index is -0.0715. The summed E-state index contributed by atoms with van der Waals surface area (Å²) in [7, 11) is 1.69. The smallest absolute Gasteiger partial charge is 0.277 e. The van der Waals surface area contributed by atoms with Crippen LogP contribution in [0.5, 0.6) is 0 Å². The molecule has 1 aromatic rings. The maximum absolute atomic E-state index is 11.7. The van der Waals surface area contributed by atoms with E-state index in [1.165, 1.54) is 11.1 Å². The van der Waals surface area contributed by atoms with Gasteiger partial charge in [0.05, 0.1) is 0 Å². The summed E-state index contributed by atoms with van der Waals surface area (Å²) in [6, 6.07) is 9.13. The van der Waals surface area contributed by atoms with Crippen molar-refractivity contribution in [2.75, 3.05) is 7.05 Å². The van der Waals surface area contributed by atoms with Crippen molar-refractivity contribution in [3.63, 3.8) is 0 Å². The van der Waals surface area contributed by atoms with Crippen molar-refractivity contribution in [1.82, 2.24) is 5.32 Å². The first-order valence-electron chi connectivity index (χ1n) is 8.00. The number of amides is 1. The zero-order chi connectivity index (χ0) is 16.0. The van der Waals surface area contributed by atoms with Crippen molar-refractivity contribution in [3.05, 3.63) is 35.4 Å². The second-order valence-electron chi connectivity index (χ2n) is 6.70. The summed E-state index contributed by atoms with van der Waals surface area (Å²) in [6.45, 7) is 10.9. The van der Waals surface area contributed by atoms with Gasteiger partial charge in [-0.05, 0) is 24.8 Å². The number of carbonyl (C=O) groups excluding carboxylic acids is 1. The van der Waals surface area contributed by atoms with Crippen LogP contribution in [0.2, 0.25) is 0 Å². The number of likely N-dealkylation sites (N-methyl/N-ethyl adjacent to an activating group) is 1. The van der Waals surface area contributed by atoms with E-state index in [-0.39, 0.29) is 11.9 Å². The summed E-state index contributed by atoms with van der Waals surface area (Å²) >= 11 is 0. The van der Waals surface area contributed by atoms with Gasteiger partial charge in [0.15, 0.2) is 6.04 Å². The van der Waals surface area contributed by atoms with Gasteiger partial charge in [-0.25, -0.2) is 0 Å². The fourth-order valence-electron chi connectivity index (χ4n) is 2.69. The van der Waals surface area contributed by atoms with Crippen LogP contribution in [0, 0.1) is 11.8 Å². The van der Waals surface area contributed by atoms with E-state index in [0.29, 0.717) is 17.9 Å². The highest BCUT2D eigenvalue weighted by atomic mass is 16.2. The van der Waals surface area contributed by atoms with Crippen LogP contribution in [0.15, 0.2) is 24.3 Å². The lowest BCUT2D eigenvalue weighted by Crippen LogP contribution is -2.93. The first-order chi connectivity index (χ1) is 9.85. The van der Waals surface area contributed by atoms with Crippen molar-refractivity contribution in [3.8, 4) is 0 Å². The highest BCUT2D eigenvalue weighted by Crippen LogP contribution is 2.19. The van der Waals surface area contributed by atoms with Gasteiger partial charge in [-0.2, -0.15) is 0 Å². The number of carbonyl (C=O) groups is 1. The zero-order valence-electron chi connectivity index (χ0n) is 14.3. The van der Waals surface area contributed by atoms with E-state index in [0.717, 1.165) is 6.42 Å². The third kappa shape index (κ3) is 5.50. The van der Waals surface area contributed by atoms with Crippen LogP contribution >= 0.6 is 0 Å². The Bertz CT molecular complexity index is 437. The van der Waals surface area contributed by atoms with Gasteiger partial charge in [-0.3, -0.25) is 4.79 Å². The molecule has 2 atom stereocenters. The number of rotatable bonds is 7. The largest absolute Gasteiger partial charge is 0.354 e. The number of nitrogens with one attached hydrogen (secondary N) is 1. The molecule has 0 aliphatic rings. The first kappa shape index (κ1) is 17.7. The van der Waals surface area contributed by atoms with Crippen LogP contribution in [0.1, 0.15) is 51.8 Å². The fraction of sp³-hybridized carbons (Fsp3) is 0.611. The Morgan fingerprint density at radius 2 is 1.67 bits per heavy atom. The average molecular weight is 291 g/mol. The number of nitrogens with two attached hydrogens (primary N) is 1. The number of quaternary nitrogens is 1. The molecule has 0 radical (unpaired) electrons. The van der Waals surface area contributed by atoms with Crippen LogP contribution in [-0.4, -0.2) is 19.0 Å². The Morgan fingerprint density at radius 3 is 2.10 bits per heavy atom. The molecule has 21 heavy (non-hydrogen) atoms. The van der Waals surface area contributed by atoms with E-state index in [9.17, 15) is 4.79 Å². The van der Waals surface area contributed by atoms with E-state index >= 15 is 0 Å². The summed E-state index contributed by atoms with van der Waals surface area (Å²) in [5.41, 5.74) is 2.68. The van der Waals surface area contributed by atoms with Crippen LogP contribution in [0.3, 0.4) is 0 Å². The molecule has 0 heterocycles. The normalized spacial score (nSPS) is 14.3. The maximum Gasteiger partial charge on any atom is 0.277 e. The summed E-state index contributed by atoms with van der Waals surface area (Å²) < 4.78 is 0. The molecule has 0 fully saturated rings. The molecular formula is C18H31N2O+. The lowest BCUT2D eigenvalue weighted by Gasteiger charge is -2.23. The molecule has 0 saturated carbocycles. The van der Waals surface area contributed by atoms with Gasteiger partial charge in [-0.15, -0.1) is 0 Å². The second-order valence-corrected chi connectivity index (χ2v) is 6.70.